The number of H-pyrrole nitrogens is 4. The minimum absolute atomic E-state index is 0.0973. The van der Waals surface area contributed by atoms with E-state index in [2.05, 4.69) is 46.8 Å². The van der Waals surface area contributed by atoms with Gasteiger partial charge >= 0.3 is 11.4 Å². The number of aromatic hydroxyl groups is 1. The van der Waals surface area contributed by atoms with Gasteiger partial charge in [-0.05, 0) is 28.1 Å². The number of aromatic nitrogens is 4. The fraction of sp³-hybridized carbons (Fsp3) is 0.0667. The van der Waals surface area contributed by atoms with Gasteiger partial charge in [-0.2, -0.15) is 0 Å². The molecule has 0 aliphatic carbocycles. The zero-order valence-electron chi connectivity index (χ0n) is 13.0. The number of hydrogen-bond acceptors (Lipinski definition) is 6. The first-order valence-corrected chi connectivity index (χ1v) is 8.93. The summed E-state index contributed by atoms with van der Waals surface area (Å²) in [5.74, 6) is -1.76. The summed E-state index contributed by atoms with van der Waals surface area (Å²) in [5, 5.41) is 10.2. The monoisotopic (exact) mass is 498 g/mol. The van der Waals surface area contributed by atoms with E-state index in [1.165, 1.54) is 0 Å². The van der Waals surface area contributed by atoms with Crippen molar-refractivity contribution in [3.8, 4) is 17.5 Å². The molecule has 0 amide bonds. The summed E-state index contributed by atoms with van der Waals surface area (Å²) in [7, 11) is 0. The summed E-state index contributed by atoms with van der Waals surface area (Å²) in [5.41, 5.74) is -3.40. The van der Waals surface area contributed by atoms with Crippen LogP contribution >= 0.6 is 31.9 Å². The second-order valence-electron chi connectivity index (χ2n) is 5.66. The molecule has 5 N–H and O–H groups in total. The van der Waals surface area contributed by atoms with Crippen molar-refractivity contribution in [2.45, 2.75) is 5.92 Å². The molecule has 1 aliphatic heterocycles. The highest BCUT2D eigenvalue weighted by Gasteiger charge is 2.37. The summed E-state index contributed by atoms with van der Waals surface area (Å²) < 4.78 is 6.75. The molecule has 138 valence electrons. The zero-order valence-corrected chi connectivity index (χ0v) is 16.1. The Balaban J connectivity index is 2.17. The van der Waals surface area contributed by atoms with Crippen LogP contribution in [0.15, 0.2) is 40.3 Å². The van der Waals surface area contributed by atoms with Crippen LogP contribution in [0.1, 0.15) is 22.6 Å². The molecule has 3 aromatic rings. The van der Waals surface area contributed by atoms with Crippen LogP contribution < -0.4 is 27.2 Å². The standard InChI is InChI=1S/C15H8Br2N4O6/c16-3-1-4-6(7-10(22)18-14(25)19-11(7)23)8-12(24)20-15(26)21-13(8)27-9(4)5(17)2-3/h1-2,6H,(H2,20,21,24,26)(H3,18,19,22,23,25). The van der Waals surface area contributed by atoms with Crippen LogP contribution in [0.2, 0.25) is 0 Å². The molecule has 4 rings (SSSR count). The number of hydrogen-bond donors (Lipinski definition) is 5. The predicted molar refractivity (Wildman–Crippen MR) is 99.9 cm³/mol. The van der Waals surface area contributed by atoms with E-state index in [0.717, 1.165) is 0 Å². The second-order valence-corrected chi connectivity index (χ2v) is 7.43. The second kappa shape index (κ2) is 6.09. The van der Waals surface area contributed by atoms with Crippen molar-refractivity contribution in [2.75, 3.05) is 0 Å². The number of fused-ring (bicyclic) bond motifs is 2. The van der Waals surface area contributed by atoms with Crippen LogP contribution in [-0.2, 0) is 0 Å². The predicted octanol–water partition coefficient (Wildman–Crippen LogP) is 0.956. The van der Waals surface area contributed by atoms with Gasteiger partial charge in [0.2, 0.25) is 11.8 Å². The molecule has 27 heavy (non-hydrogen) atoms. The van der Waals surface area contributed by atoms with Gasteiger partial charge in [-0.15, -0.1) is 0 Å². The van der Waals surface area contributed by atoms with Gasteiger partial charge in [0.05, 0.1) is 21.5 Å². The Morgan fingerprint density at radius 3 is 2.19 bits per heavy atom. The molecule has 1 atom stereocenters. The SMILES string of the molecule is O=c1[nH]c(O)c(C2c3cc(Br)cc(Br)c3Oc3[nH]c(=O)[nH]c(=O)c32)c(=O)[nH]1. The van der Waals surface area contributed by atoms with Gasteiger partial charge in [0.15, 0.2) is 0 Å². The molecule has 0 bridgehead atoms. The van der Waals surface area contributed by atoms with Crippen LogP contribution in [0.4, 0.5) is 0 Å². The molecule has 0 saturated carbocycles. The number of benzene rings is 1. The van der Waals surface area contributed by atoms with E-state index < -0.39 is 34.3 Å². The highest BCUT2D eigenvalue weighted by molar-refractivity contribution is 9.11. The lowest BCUT2D eigenvalue weighted by atomic mass is 9.85. The lowest BCUT2D eigenvalue weighted by molar-refractivity contribution is 0.414. The smallest absolute Gasteiger partial charge is 0.328 e. The van der Waals surface area contributed by atoms with Gasteiger partial charge in [-0.3, -0.25) is 29.5 Å². The molecular weight excluding hydrogens is 492 g/mol. The molecule has 0 fully saturated rings. The molecule has 1 aliphatic rings. The van der Waals surface area contributed by atoms with Gasteiger partial charge in [0, 0.05) is 10.0 Å². The minimum Gasteiger partial charge on any atom is -0.494 e. The van der Waals surface area contributed by atoms with E-state index in [0.29, 0.717) is 14.5 Å². The summed E-state index contributed by atoms with van der Waals surface area (Å²) in [6.45, 7) is 0. The Morgan fingerprint density at radius 2 is 1.52 bits per heavy atom. The van der Waals surface area contributed by atoms with Gasteiger partial charge in [-0.25, -0.2) is 9.59 Å². The average molecular weight is 500 g/mol. The van der Waals surface area contributed by atoms with E-state index in [1.54, 1.807) is 12.1 Å². The van der Waals surface area contributed by atoms with Crippen LogP contribution in [0, 0.1) is 0 Å². The van der Waals surface area contributed by atoms with Gasteiger partial charge in [0.1, 0.15) is 5.75 Å². The third-order valence-electron chi connectivity index (χ3n) is 4.03. The number of aromatic amines is 4. The maximum atomic E-state index is 12.5. The largest absolute Gasteiger partial charge is 0.494 e. The van der Waals surface area contributed by atoms with Crippen LogP contribution in [0.25, 0.3) is 0 Å². The summed E-state index contributed by atoms with van der Waals surface area (Å²) in [4.78, 5) is 56.6. The molecule has 3 heterocycles. The number of ether oxygens (including phenoxy) is 1. The van der Waals surface area contributed by atoms with Gasteiger partial charge < -0.3 is 9.84 Å². The quantitative estimate of drug-likeness (QED) is 0.262. The zero-order chi connectivity index (χ0) is 19.5. The average Bonchev–Trinajstić information content (AvgIpc) is 2.53. The number of halogens is 2. The molecule has 2 aromatic heterocycles. The first kappa shape index (κ1) is 17.5. The molecule has 1 unspecified atom stereocenters. The van der Waals surface area contributed by atoms with Crippen molar-refractivity contribution in [2.24, 2.45) is 0 Å². The highest BCUT2D eigenvalue weighted by atomic mass is 79.9. The fourth-order valence-corrected chi connectivity index (χ4v) is 4.37. The van der Waals surface area contributed by atoms with Gasteiger partial charge in [-0.1, -0.05) is 15.9 Å². The first-order valence-electron chi connectivity index (χ1n) is 7.35. The summed E-state index contributed by atoms with van der Waals surface area (Å²) in [6.07, 6.45) is 0. The topological polar surface area (TPSA) is 161 Å². The minimum atomic E-state index is -1.13. The number of nitrogens with one attached hydrogen (secondary N) is 4. The molecular formula is C15H8Br2N4O6. The molecule has 1 aromatic carbocycles. The summed E-state index contributed by atoms with van der Waals surface area (Å²) in [6, 6.07) is 3.27. The van der Waals surface area contributed by atoms with E-state index in [1.807, 2.05) is 4.98 Å². The van der Waals surface area contributed by atoms with Crippen molar-refractivity contribution in [3.63, 3.8) is 0 Å². The van der Waals surface area contributed by atoms with E-state index >= 15 is 0 Å². The van der Waals surface area contributed by atoms with E-state index in [4.69, 9.17) is 4.74 Å². The Kier molecular flexibility index (Phi) is 3.96. The lowest BCUT2D eigenvalue weighted by Crippen LogP contribution is -2.34. The maximum Gasteiger partial charge on any atom is 0.328 e. The Labute approximate surface area is 164 Å². The van der Waals surface area contributed by atoms with Crippen LogP contribution in [0.3, 0.4) is 0 Å². The van der Waals surface area contributed by atoms with Crippen molar-refractivity contribution in [1.29, 1.82) is 0 Å². The molecule has 10 nitrogen and oxygen atoms in total. The molecule has 0 spiro atoms. The van der Waals surface area contributed by atoms with Crippen molar-refractivity contribution < 1.29 is 9.84 Å². The highest BCUT2D eigenvalue weighted by Crippen LogP contribution is 2.49. The normalized spacial score (nSPS) is 15.0. The number of rotatable bonds is 1. The lowest BCUT2D eigenvalue weighted by Gasteiger charge is -2.27. The van der Waals surface area contributed by atoms with E-state index in [-0.39, 0.29) is 22.8 Å². The van der Waals surface area contributed by atoms with Crippen LogP contribution in [0.5, 0.6) is 17.5 Å². The molecule has 12 heteroatoms. The van der Waals surface area contributed by atoms with Crippen molar-refractivity contribution >= 4 is 31.9 Å². The van der Waals surface area contributed by atoms with Crippen LogP contribution in [-0.4, -0.2) is 25.0 Å². The van der Waals surface area contributed by atoms with Gasteiger partial charge in [0.25, 0.3) is 11.1 Å². The fourth-order valence-electron chi connectivity index (χ4n) is 3.03. The Morgan fingerprint density at radius 1 is 0.889 bits per heavy atom. The first-order chi connectivity index (χ1) is 12.8. The molecule has 0 saturated heterocycles. The third kappa shape index (κ3) is 2.77. The van der Waals surface area contributed by atoms with Crippen molar-refractivity contribution in [3.05, 3.63) is 79.4 Å². The van der Waals surface area contributed by atoms with E-state index in [9.17, 15) is 24.3 Å². The Bertz CT molecular complexity index is 1310. The Hall–Kier alpha value is -2.86. The molecule has 0 radical (unpaired) electrons. The summed E-state index contributed by atoms with van der Waals surface area (Å²) >= 11 is 6.66. The van der Waals surface area contributed by atoms with Crippen molar-refractivity contribution in [1.82, 2.24) is 19.9 Å². The maximum absolute atomic E-state index is 12.5. The third-order valence-corrected chi connectivity index (χ3v) is 5.08.